The molecule has 1 atom stereocenters. The van der Waals surface area contributed by atoms with Crippen molar-refractivity contribution in [1.29, 1.82) is 0 Å². The SMILES string of the molecule is CCNC(CCOCC(F)F)c1ccc(Cl)cc1Cl. The van der Waals surface area contributed by atoms with Gasteiger partial charge in [0.05, 0.1) is 0 Å². The van der Waals surface area contributed by atoms with Crippen molar-refractivity contribution in [3.05, 3.63) is 33.8 Å². The number of hydrogen-bond acceptors (Lipinski definition) is 2. The molecule has 0 aliphatic rings. The first kappa shape index (κ1) is 16.6. The van der Waals surface area contributed by atoms with Crippen LogP contribution >= 0.6 is 23.2 Å². The van der Waals surface area contributed by atoms with E-state index in [9.17, 15) is 8.78 Å². The first-order valence-corrected chi connectivity index (χ1v) is 6.84. The molecule has 1 N–H and O–H groups in total. The minimum atomic E-state index is -2.43. The Hall–Kier alpha value is -0.420. The fourth-order valence-corrected chi connectivity index (χ4v) is 2.31. The van der Waals surface area contributed by atoms with Gasteiger partial charge in [-0.25, -0.2) is 8.78 Å². The van der Waals surface area contributed by atoms with Crippen molar-refractivity contribution in [2.75, 3.05) is 19.8 Å². The zero-order chi connectivity index (χ0) is 14.3. The van der Waals surface area contributed by atoms with Crippen molar-refractivity contribution in [1.82, 2.24) is 5.32 Å². The highest BCUT2D eigenvalue weighted by molar-refractivity contribution is 6.35. The third-order valence-corrected chi connectivity index (χ3v) is 3.15. The lowest BCUT2D eigenvalue weighted by molar-refractivity contribution is 0.0144. The lowest BCUT2D eigenvalue weighted by atomic mass is 10.0. The van der Waals surface area contributed by atoms with Gasteiger partial charge in [0, 0.05) is 22.7 Å². The van der Waals surface area contributed by atoms with Gasteiger partial charge in [-0.15, -0.1) is 0 Å². The molecule has 0 saturated heterocycles. The molecule has 0 aliphatic carbocycles. The predicted octanol–water partition coefficient (Wildman–Crippen LogP) is 4.32. The number of alkyl halides is 2. The minimum Gasteiger partial charge on any atom is -0.375 e. The second-order valence-electron chi connectivity index (χ2n) is 4.03. The normalized spacial score (nSPS) is 12.9. The summed E-state index contributed by atoms with van der Waals surface area (Å²) in [5, 5.41) is 4.38. The molecule has 1 rings (SSSR count). The Kier molecular flexibility index (Phi) is 7.61. The van der Waals surface area contributed by atoms with Crippen molar-refractivity contribution < 1.29 is 13.5 Å². The summed E-state index contributed by atoms with van der Waals surface area (Å²) in [6.45, 7) is 2.43. The molecule has 1 aromatic rings. The van der Waals surface area contributed by atoms with E-state index < -0.39 is 13.0 Å². The molecule has 0 heterocycles. The molecule has 1 unspecified atom stereocenters. The fraction of sp³-hybridized carbons (Fsp3) is 0.538. The first-order valence-electron chi connectivity index (χ1n) is 6.08. The van der Waals surface area contributed by atoms with Gasteiger partial charge < -0.3 is 10.1 Å². The monoisotopic (exact) mass is 311 g/mol. The molecule has 2 nitrogen and oxygen atoms in total. The zero-order valence-corrected chi connectivity index (χ0v) is 12.1. The predicted molar refractivity (Wildman–Crippen MR) is 74.3 cm³/mol. The van der Waals surface area contributed by atoms with Gasteiger partial charge in [-0.3, -0.25) is 0 Å². The van der Waals surface area contributed by atoms with Crippen LogP contribution in [-0.4, -0.2) is 26.2 Å². The summed E-state index contributed by atoms with van der Waals surface area (Å²) >= 11 is 12.0. The second-order valence-corrected chi connectivity index (χ2v) is 4.87. The topological polar surface area (TPSA) is 21.3 Å². The van der Waals surface area contributed by atoms with Crippen molar-refractivity contribution in [3.8, 4) is 0 Å². The standard InChI is InChI=1S/C13H17Cl2F2NO/c1-2-18-12(5-6-19-8-13(16)17)10-4-3-9(14)7-11(10)15/h3-4,7,12-13,18H,2,5-6,8H2,1H3. The number of nitrogens with one attached hydrogen (secondary N) is 1. The van der Waals surface area contributed by atoms with E-state index in [-0.39, 0.29) is 12.6 Å². The van der Waals surface area contributed by atoms with Gasteiger partial charge in [0.1, 0.15) is 6.61 Å². The van der Waals surface area contributed by atoms with Crippen molar-refractivity contribution >= 4 is 23.2 Å². The molecule has 0 amide bonds. The van der Waals surface area contributed by atoms with Gasteiger partial charge in [0.15, 0.2) is 0 Å². The Labute approximate surface area is 122 Å². The number of rotatable bonds is 8. The fourth-order valence-electron chi connectivity index (χ4n) is 1.77. The van der Waals surface area contributed by atoms with E-state index in [0.29, 0.717) is 16.5 Å². The Bertz CT molecular complexity index is 391. The lowest BCUT2D eigenvalue weighted by Gasteiger charge is -2.19. The van der Waals surface area contributed by atoms with E-state index in [4.69, 9.17) is 27.9 Å². The highest BCUT2D eigenvalue weighted by Gasteiger charge is 2.14. The number of halogens is 4. The van der Waals surface area contributed by atoms with Crippen LogP contribution in [0.3, 0.4) is 0 Å². The molecular weight excluding hydrogens is 295 g/mol. The summed E-state index contributed by atoms with van der Waals surface area (Å²) in [5.41, 5.74) is 0.897. The third-order valence-electron chi connectivity index (χ3n) is 2.58. The maximum absolute atomic E-state index is 12.0. The summed E-state index contributed by atoms with van der Waals surface area (Å²) in [6, 6.07) is 5.23. The van der Waals surface area contributed by atoms with Crippen molar-refractivity contribution in [2.24, 2.45) is 0 Å². The Morgan fingerprint density at radius 2 is 2.05 bits per heavy atom. The van der Waals surface area contributed by atoms with Crippen molar-refractivity contribution in [3.63, 3.8) is 0 Å². The second kappa shape index (κ2) is 8.69. The van der Waals surface area contributed by atoms with E-state index in [1.54, 1.807) is 12.1 Å². The van der Waals surface area contributed by atoms with E-state index >= 15 is 0 Å². The maximum Gasteiger partial charge on any atom is 0.261 e. The third kappa shape index (κ3) is 6.04. The molecule has 0 spiro atoms. The van der Waals surface area contributed by atoms with Crippen LogP contribution in [-0.2, 0) is 4.74 Å². The average Bonchev–Trinajstić information content (AvgIpc) is 2.33. The highest BCUT2D eigenvalue weighted by Crippen LogP contribution is 2.28. The summed E-state index contributed by atoms with van der Waals surface area (Å²) < 4.78 is 28.8. The first-order chi connectivity index (χ1) is 9.04. The molecular formula is C13H17Cl2F2NO. The van der Waals surface area contributed by atoms with E-state index in [1.807, 2.05) is 13.0 Å². The zero-order valence-electron chi connectivity index (χ0n) is 10.6. The van der Waals surface area contributed by atoms with E-state index in [0.717, 1.165) is 12.1 Å². The van der Waals surface area contributed by atoms with Gasteiger partial charge in [0.25, 0.3) is 6.43 Å². The molecule has 19 heavy (non-hydrogen) atoms. The van der Waals surface area contributed by atoms with Crippen LogP contribution < -0.4 is 5.32 Å². The van der Waals surface area contributed by atoms with Crippen LogP contribution in [0.1, 0.15) is 24.9 Å². The number of hydrogen-bond donors (Lipinski definition) is 1. The van der Waals surface area contributed by atoms with Crippen LogP contribution in [0.25, 0.3) is 0 Å². The van der Waals surface area contributed by atoms with Crippen LogP contribution in [0.4, 0.5) is 8.78 Å². The molecule has 0 bridgehead atoms. The van der Waals surface area contributed by atoms with Crippen LogP contribution in [0.2, 0.25) is 10.0 Å². The highest BCUT2D eigenvalue weighted by atomic mass is 35.5. The molecule has 0 saturated carbocycles. The molecule has 0 aromatic heterocycles. The number of benzene rings is 1. The van der Waals surface area contributed by atoms with Gasteiger partial charge in [-0.2, -0.15) is 0 Å². The Morgan fingerprint density at radius 3 is 2.63 bits per heavy atom. The lowest BCUT2D eigenvalue weighted by Crippen LogP contribution is -2.23. The van der Waals surface area contributed by atoms with Gasteiger partial charge in [-0.05, 0) is 30.7 Å². The van der Waals surface area contributed by atoms with Gasteiger partial charge in [-0.1, -0.05) is 36.2 Å². The molecule has 0 aliphatic heterocycles. The van der Waals surface area contributed by atoms with Crippen LogP contribution in [0.15, 0.2) is 18.2 Å². The molecule has 1 aromatic carbocycles. The Balaban J connectivity index is 2.60. The smallest absolute Gasteiger partial charge is 0.261 e. The molecule has 6 heteroatoms. The summed E-state index contributed by atoms with van der Waals surface area (Å²) in [5.74, 6) is 0. The van der Waals surface area contributed by atoms with E-state index in [1.165, 1.54) is 0 Å². The van der Waals surface area contributed by atoms with Crippen molar-refractivity contribution in [2.45, 2.75) is 25.8 Å². The molecule has 0 radical (unpaired) electrons. The van der Waals surface area contributed by atoms with Gasteiger partial charge >= 0.3 is 0 Å². The molecule has 108 valence electrons. The number of ether oxygens (including phenoxy) is 1. The molecule has 0 fully saturated rings. The average molecular weight is 312 g/mol. The van der Waals surface area contributed by atoms with Crippen LogP contribution in [0, 0.1) is 0 Å². The van der Waals surface area contributed by atoms with E-state index in [2.05, 4.69) is 5.32 Å². The minimum absolute atomic E-state index is 0.0348. The Morgan fingerprint density at radius 1 is 1.32 bits per heavy atom. The largest absolute Gasteiger partial charge is 0.375 e. The maximum atomic E-state index is 12.0. The van der Waals surface area contributed by atoms with Gasteiger partial charge in [0.2, 0.25) is 0 Å². The summed E-state index contributed by atoms with van der Waals surface area (Å²) in [7, 11) is 0. The quantitative estimate of drug-likeness (QED) is 0.722. The summed E-state index contributed by atoms with van der Waals surface area (Å²) in [6.07, 6.45) is -1.86. The summed E-state index contributed by atoms with van der Waals surface area (Å²) in [4.78, 5) is 0. The van der Waals surface area contributed by atoms with Crippen LogP contribution in [0.5, 0.6) is 0 Å².